The van der Waals surface area contributed by atoms with E-state index in [9.17, 15) is 9.59 Å². The summed E-state index contributed by atoms with van der Waals surface area (Å²) in [5.74, 6) is -0.842. The van der Waals surface area contributed by atoms with Crippen molar-refractivity contribution in [3.8, 4) is 0 Å². The fourth-order valence-corrected chi connectivity index (χ4v) is 1.50. The highest BCUT2D eigenvalue weighted by atomic mass is 16.5. The maximum absolute atomic E-state index is 11.6. The molecule has 86 valence electrons. The number of hydrogen-bond acceptors (Lipinski definition) is 4. The van der Waals surface area contributed by atoms with Crippen molar-refractivity contribution in [2.45, 2.75) is 26.3 Å². The van der Waals surface area contributed by atoms with E-state index in [1.54, 1.807) is 13.0 Å². The zero-order chi connectivity index (χ0) is 11.8. The number of rotatable bonds is 4. The summed E-state index contributed by atoms with van der Waals surface area (Å²) in [5.41, 5.74) is -0.606. The molecule has 0 bridgehead atoms. The minimum absolute atomic E-state index is 0.200. The molecule has 2 N–H and O–H groups in total. The van der Waals surface area contributed by atoms with Crippen molar-refractivity contribution >= 4 is 11.9 Å². The van der Waals surface area contributed by atoms with Crippen LogP contribution in [-0.2, 0) is 16.1 Å². The van der Waals surface area contributed by atoms with Crippen LogP contribution in [0, 0.1) is 12.3 Å². The standard InChI is InChI=1S/C10H12N2O4/c1-6-4-7(12-16-6)5-11-8(13)10(2-3-10)9(14)15/h4H,2-3,5H2,1H3,(H,11,13)(H,14,15). The van der Waals surface area contributed by atoms with Crippen molar-refractivity contribution in [2.75, 3.05) is 0 Å². The zero-order valence-electron chi connectivity index (χ0n) is 8.82. The Balaban J connectivity index is 1.92. The molecule has 0 aromatic carbocycles. The summed E-state index contributed by atoms with van der Waals surface area (Å²) in [6, 6.07) is 1.70. The van der Waals surface area contributed by atoms with Crippen molar-refractivity contribution in [1.29, 1.82) is 0 Å². The van der Waals surface area contributed by atoms with Crippen LogP contribution in [0.5, 0.6) is 0 Å². The Hall–Kier alpha value is -1.85. The highest BCUT2D eigenvalue weighted by Gasteiger charge is 2.56. The van der Waals surface area contributed by atoms with Gasteiger partial charge in [0.2, 0.25) is 5.91 Å². The van der Waals surface area contributed by atoms with E-state index in [4.69, 9.17) is 9.63 Å². The van der Waals surface area contributed by atoms with E-state index in [1.165, 1.54) is 0 Å². The molecule has 1 saturated carbocycles. The van der Waals surface area contributed by atoms with Gasteiger partial charge in [-0.05, 0) is 19.8 Å². The summed E-state index contributed by atoms with van der Waals surface area (Å²) in [6.07, 6.45) is 0.817. The molecule has 6 nitrogen and oxygen atoms in total. The minimum atomic E-state index is -1.20. The Bertz CT molecular complexity index is 434. The van der Waals surface area contributed by atoms with Crippen LogP contribution in [0.2, 0.25) is 0 Å². The highest BCUT2D eigenvalue weighted by molar-refractivity contribution is 6.04. The second-order valence-corrected chi connectivity index (χ2v) is 4.00. The summed E-state index contributed by atoms with van der Waals surface area (Å²) < 4.78 is 4.83. The van der Waals surface area contributed by atoms with Gasteiger partial charge in [0, 0.05) is 6.07 Å². The lowest BCUT2D eigenvalue weighted by molar-refractivity contribution is -0.149. The smallest absolute Gasteiger partial charge is 0.319 e. The van der Waals surface area contributed by atoms with Gasteiger partial charge in [0.15, 0.2) is 0 Å². The van der Waals surface area contributed by atoms with E-state index in [1.807, 2.05) is 0 Å². The molecule has 0 atom stereocenters. The van der Waals surface area contributed by atoms with Crippen molar-refractivity contribution in [1.82, 2.24) is 10.5 Å². The van der Waals surface area contributed by atoms with Gasteiger partial charge in [-0.25, -0.2) is 0 Å². The third kappa shape index (κ3) is 1.78. The number of amides is 1. The van der Waals surface area contributed by atoms with E-state index in [0.717, 1.165) is 0 Å². The Kier molecular flexibility index (Phi) is 2.41. The van der Waals surface area contributed by atoms with Crippen LogP contribution in [0.25, 0.3) is 0 Å². The van der Waals surface area contributed by atoms with Crippen LogP contribution in [0.4, 0.5) is 0 Å². The van der Waals surface area contributed by atoms with E-state index in [2.05, 4.69) is 10.5 Å². The van der Waals surface area contributed by atoms with Crippen molar-refractivity contribution in [3.63, 3.8) is 0 Å². The SMILES string of the molecule is Cc1cc(CNC(=O)C2(C(=O)O)CC2)no1. The molecule has 1 aromatic rings. The quantitative estimate of drug-likeness (QED) is 0.725. The van der Waals surface area contributed by atoms with E-state index >= 15 is 0 Å². The number of aromatic nitrogens is 1. The molecule has 2 rings (SSSR count). The summed E-state index contributed by atoms with van der Waals surface area (Å²) in [6.45, 7) is 1.95. The maximum Gasteiger partial charge on any atom is 0.319 e. The number of aryl methyl sites for hydroxylation is 1. The summed E-state index contributed by atoms with van der Waals surface area (Å²) in [4.78, 5) is 22.4. The van der Waals surface area contributed by atoms with Crippen molar-refractivity contribution in [3.05, 3.63) is 17.5 Å². The predicted molar refractivity (Wildman–Crippen MR) is 52.4 cm³/mol. The van der Waals surface area contributed by atoms with Gasteiger partial charge in [-0.2, -0.15) is 0 Å². The van der Waals surface area contributed by atoms with Crippen LogP contribution in [0.1, 0.15) is 24.3 Å². The minimum Gasteiger partial charge on any atom is -0.480 e. The molecule has 1 fully saturated rings. The second-order valence-electron chi connectivity index (χ2n) is 4.00. The van der Waals surface area contributed by atoms with E-state index in [0.29, 0.717) is 24.3 Å². The number of aliphatic carboxylic acids is 1. The number of carbonyl (C=O) groups excluding carboxylic acids is 1. The summed E-state index contributed by atoms with van der Waals surface area (Å²) in [7, 11) is 0. The van der Waals surface area contributed by atoms with Gasteiger partial charge in [0.05, 0.1) is 6.54 Å². The summed E-state index contributed by atoms with van der Waals surface area (Å²) in [5, 5.41) is 15.1. The summed E-state index contributed by atoms with van der Waals surface area (Å²) >= 11 is 0. The molecular formula is C10H12N2O4. The van der Waals surface area contributed by atoms with Crippen LogP contribution in [-0.4, -0.2) is 22.1 Å². The first-order valence-electron chi connectivity index (χ1n) is 4.98. The average Bonchev–Trinajstić information content (AvgIpc) is 2.95. The van der Waals surface area contributed by atoms with Gasteiger partial charge in [-0.15, -0.1) is 0 Å². The Labute approximate surface area is 91.6 Å². The first kappa shape index (κ1) is 10.7. The first-order chi connectivity index (χ1) is 7.54. The fraction of sp³-hybridized carbons (Fsp3) is 0.500. The predicted octanol–water partition coefficient (Wildman–Crippen LogP) is 0.464. The Morgan fingerprint density at radius 1 is 1.62 bits per heavy atom. The number of carboxylic acids is 1. The number of carboxylic acid groups (broad SMARTS) is 1. The van der Waals surface area contributed by atoms with E-state index < -0.39 is 17.3 Å². The van der Waals surface area contributed by atoms with Gasteiger partial charge < -0.3 is 14.9 Å². The first-order valence-corrected chi connectivity index (χ1v) is 4.98. The Morgan fingerprint density at radius 2 is 2.31 bits per heavy atom. The molecule has 16 heavy (non-hydrogen) atoms. The highest BCUT2D eigenvalue weighted by Crippen LogP contribution is 2.46. The molecule has 1 aromatic heterocycles. The van der Waals surface area contributed by atoms with Gasteiger partial charge in [-0.1, -0.05) is 5.16 Å². The molecule has 1 heterocycles. The number of hydrogen-bond donors (Lipinski definition) is 2. The number of nitrogens with one attached hydrogen (secondary N) is 1. The molecule has 0 aliphatic heterocycles. The molecule has 0 radical (unpaired) electrons. The average molecular weight is 224 g/mol. The lowest BCUT2D eigenvalue weighted by Crippen LogP contribution is -2.36. The lowest BCUT2D eigenvalue weighted by atomic mass is 10.1. The molecule has 0 unspecified atom stereocenters. The molecule has 1 aliphatic carbocycles. The monoisotopic (exact) mass is 224 g/mol. The van der Waals surface area contributed by atoms with Gasteiger partial charge in [0.1, 0.15) is 16.9 Å². The number of nitrogens with zero attached hydrogens (tertiary/aromatic N) is 1. The van der Waals surface area contributed by atoms with Crippen molar-refractivity contribution in [2.24, 2.45) is 5.41 Å². The molecule has 0 spiro atoms. The zero-order valence-corrected chi connectivity index (χ0v) is 8.82. The normalized spacial score (nSPS) is 16.8. The molecule has 1 aliphatic rings. The Morgan fingerprint density at radius 3 is 2.75 bits per heavy atom. The molecule has 0 saturated heterocycles. The van der Waals surface area contributed by atoms with Crippen molar-refractivity contribution < 1.29 is 19.2 Å². The van der Waals surface area contributed by atoms with Gasteiger partial charge in [0.25, 0.3) is 0 Å². The van der Waals surface area contributed by atoms with Crippen LogP contribution < -0.4 is 5.32 Å². The van der Waals surface area contributed by atoms with Crippen LogP contribution in [0.3, 0.4) is 0 Å². The third-order valence-corrected chi connectivity index (χ3v) is 2.70. The third-order valence-electron chi connectivity index (χ3n) is 2.70. The van der Waals surface area contributed by atoms with E-state index in [-0.39, 0.29) is 6.54 Å². The lowest BCUT2D eigenvalue weighted by Gasteiger charge is -2.08. The number of carbonyl (C=O) groups is 2. The van der Waals surface area contributed by atoms with Crippen LogP contribution >= 0.6 is 0 Å². The fourth-order valence-electron chi connectivity index (χ4n) is 1.50. The maximum atomic E-state index is 11.6. The molecule has 1 amide bonds. The van der Waals surface area contributed by atoms with Crippen LogP contribution in [0.15, 0.2) is 10.6 Å². The topological polar surface area (TPSA) is 92.4 Å². The van der Waals surface area contributed by atoms with Gasteiger partial charge >= 0.3 is 5.97 Å². The molecular weight excluding hydrogens is 212 g/mol. The largest absolute Gasteiger partial charge is 0.480 e. The molecule has 6 heteroatoms. The van der Waals surface area contributed by atoms with Gasteiger partial charge in [-0.3, -0.25) is 9.59 Å². The second kappa shape index (κ2) is 3.62.